The van der Waals surface area contributed by atoms with Crippen LogP contribution in [0.1, 0.15) is 32.6 Å². The summed E-state index contributed by atoms with van der Waals surface area (Å²) in [7, 11) is 0. The molecule has 0 aromatic carbocycles. The molecule has 7 heteroatoms. The summed E-state index contributed by atoms with van der Waals surface area (Å²) in [6, 6.07) is 0. The fourth-order valence-corrected chi connectivity index (χ4v) is 2.14. The monoisotopic (exact) mass is 264 g/mol. The highest BCUT2D eigenvalue weighted by Crippen LogP contribution is 2.19. The van der Waals surface area contributed by atoms with Gasteiger partial charge < -0.3 is 5.11 Å². The summed E-state index contributed by atoms with van der Waals surface area (Å²) < 4.78 is 3.31. The highest BCUT2D eigenvalue weighted by Gasteiger charge is 2.28. The van der Waals surface area contributed by atoms with Crippen LogP contribution in [-0.2, 0) is 13.1 Å². The molecule has 2 rings (SSSR count). The maximum absolute atomic E-state index is 10.8. The molecule has 2 aromatic rings. The van der Waals surface area contributed by atoms with E-state index in [0.29, 0.717) is 19.5 Å². The lowest BCUT2D eigenvalue weighted by atomic mass is 9.96. The molecule has 2 heterocycles. The van der Waals surface area contributed by atoms with Crippen molar-refractivity contribution in [2.75, 3.05) is 0 Å². The van der Waals surface area contributed by atoms with E-state index in [0.717, 1.165) is 19.3 Å². The molecule has 0 radical (unpaired) electrons. The number of aromatic nitrogens is 6. The Morgan fingerprint density at radius 2 is 1.58 bits per heavy atom. The van der Waals surface area contributed by atoms with Crippen LogP contribution in [-0.4, -0.2) is 40.2 Å². The maximum atomic E-state index is 10.8. The van der Waals surface area contributed by atoms with Crippen molar-refractivity contribution in [2.24, 2.45) is 0 Å². The highest BCUT2D eigenvalue weighted by molar-refractivity contribution is 4.80. The molecule has 7 nitrogen and oxygen atoms in total. The number of hydrogen-bond donors (Lipinski definition) is 1. The maximum Gasteiger partial charge on any atom is 0.137 e. The molecule has 0 fully saturated rings. The second kappa shape index (κ2) is 6.42. The van der Waals surface area contributed by atoms with Crippen LogP contribution in [0.3, 0.4) is 0 Å². The van der Waals surface area contributed by atoms with Crippen LogP contribution in [0.5, 0.6) is 0 Å². The predicted octanol–water partition coefficient (Wildman–Crippen LogP) is 0.881. The van der Waals surface area contributed by atoms with Gasteiger partial charge >= 0.3 is 0 Å². The van der Waals surface area contributed by atoms with Crippen LogP contribution in [0.25, 0.3) is 0 Å². The van der Waals surface area contributed by atoms with Gasteiger partial charge in [0.2, 0.25) is 0 Å². The molecule has 1 N–H and O–H groups in total. The second-order valence-corrected chi connectivity index (χ2v) is 4.87. The molecular formula is C12H20N6O. The van der Waals surface area contributed by atoms with Gasteiger partial charge in [-0.2, -0.15) is 10.2 Å². The smallest absolute Gasteiger partial charge is 0.137 e. The van der Waals surface area contributed by atoms with Gasteiger partial charge in [0.05, 0.1) is 13.1 Å². The molecule has 0 aliphatic carbocycles. The summed E-state index contributed by atoms with van der Waals surface area (Å²) in [5, 5.41) is 18.9. The summed E-state index contributed by atoms with van der Waals surface area (Å²) in [6.07, 6.45) is 10.1. The molecule has 0 saturated heterocycles. The summed E-state index contributed by atoms with van der Waals surface area (Å²) in [5.41, 5.74) is -0.878. The fourth-order valence-electron chi connectivity index (χ4n) is 2.14. The number of hydrogen-bond acceptors (Lipinski definition) is 5. The lowest BCUT2D eigenvalue weighted by Crippen LogP contribution is -2.39. The Hall–Kier alpha value is -1.76. The summed E-state index contributed by atoms with van der Waals surface area (Å²) in [5.74, 6) is 0. The number of aliphatic hydroxyl groups is 1. The van der Waals surface area contributed by atoms with Crippen LogP contribution in [0.15, 0.2) is 25.3 Å². The zero-order valence-corrected chi connectivity index (χ0v) is 11.2. The quantitative estimate of drug-likeness (QED) is 0.716. The topological polar surface area (TPSA) is 81.6 Å². The van der Waals surface area contributed by atoms with Crippen molar-refractivity contribution in [3.8, 4) is 0 Å². The molecule has 0 atom stereocenters. The van der Waals surface area contributed by atoms with Gasteiger partial charge in [-0.05, 0) is 6.42 Å². The van der Waals surface area contributed by atoms with E-state index in [4.69, 9.17) is 0 Å². The molecule has 0 saturated carbocycles. The Morgan fingerprint density at radius 1 is 1.00 bits per heavy atom. The standard InChI is InChI=1S/C12H20N6O/c1-2-3-4-5-12(19,6-17-10-13-8-15-17)7-18-11-14-9-16-18/h8-11,19H,2-7H2,1H3. The molecule has 0 unspecified atom stereocenters. The molecule has 0 aliphatic rings. The zero-order chi connectivity index (χ0) is 13.6. The SMILES string of the molecule is CCCCCC(O)(Cn1cncn1)Cn1cncn1. The van der Waals surface area contributed by atoms with Gasteiger partial charge in [-0.15, -0.1) is 0 Å². The minimum absolute atomic E-state index is 0.413. The van der Waals surface area contributed by atoms with Gasteiger partial charge in [-0.1, -0.05) is 26.2 Å². The molecule has 0 aliphatic heterocycles. The van der Waals surface area contributed by atoms with Crippen molar-refractivity contribution in [1.29, 1.82) is 0 Å². The number of rotatable bonds is 8. The zero-order valence-electron chi connectivity index (χ0n) is 11.2. The summed E-state index contributed by atoms with van der Waals surface area (Å²) >= 11 is 0. The third kappa shape index (κ3) is 4.13. The average molecular weight is 264 g/mol. The first-order chi connectivity index (χ1) is 9.22. The Kier molecular flexibility index (Phi) is 4.62. The number of unbranched alkanes of at least 4 members (excludes halogenated alkanes) is 2. The van der Waals surface area contributed by atoms with Crippen LogP contribution < -0.4 is 0 Å². The molecular weight excluding hydrogens is 244 g/mol. The van der Waals surface area contributed by atoms with Crippen LogP contribution >= 0.6 is 0 Å². The predicted molar refractivity (Wildman–Crippen MR) is 69.1 cm³/mol. The van der Waals surface area contributed by atoms with Gasteiger partial charge in [-0.3, -0.25) is 9.36 Å². The lowest BCUT2D eigenvalue weighted by molar-refractivity contribution is -0.0103. The summed E-state index contributed by atoms with van der Waals surface area (Å²) in [4.78, 5) is 7.81. The number of nitrogens with zero attached hydrogens (tertiary/aromatic N) is 6. The van der Waals surface area contributed by atoms with E-state index in [1.807, 2.05) is 0 Å². The Morgan fingerprint density at radius 3 is 2.00 bits per heavy atom. The van der Waals surface area contributed by atoms with Crippen LogP contribution in [0.4, 0.5) is 0 Å². The van der Waals surface area contributed by atoms with Crippen molar-refractivity contribution in [3.63, 3.8) is 0 Å². The van der Waals surface area contributed by atoms with E-state index in [9.17, 15) is 5.11 Å². The third-order valence-corrected chi connectivity index (χ3v) is 3.09. The molecule has 2 aromatic heterocycles. The van der Waals surface area contributed by atoms with Crippen molar-refractivity contribution in [3.05, 3.63) is 25.3 Å². The van der Waals surface area contributed by atoms with E-state index in [1.54, 1.807) is 22.0 Å². The first kappa shape index (κ1) is 13.7. The van der Waals surface area contributed by atoms with Crippen LogP contribution in [0.2, 0.25) is 0 Å². The molecule has 19 heavy (non-hydrogen) atoms. The Labute approximate surface area is 112 Å². The first-order valence-corrected chi connectivity index (χ1v) is 6.59. The molecule has 0 spiro atoms. The lowest BCUT2D eigenvalue weighted by Gasteiger charge is -2.27. The third-order valence-electron chi connectivity index (χ3n) is 3.09. The Balaban J connectivity index is 2.02. The van der Waals surface area contributed by atoms with Crippen molar-refractivity contribution in [2.45, 2.75) is 51.3 Å². The molecule has 0 bridgehead atoms. The van der Waals surface area contributed by atoms with Gasteiger partial charge in [0, 0.05) is 0 Å². The fraction of sp³-hybridized carbons (Fsp3) is 0.667. The largest absolute Gasteiger partial charge is 0.386 e. The van der Waals surface area contributed by atoms with Crippen molar-refractivity contribution in [1.82, 2.24) is 29.5 Å². The van der Waals surface area contributed by atoms with Crippen LogP contribution in [0, 0.1) is 0 Å². The van der Waals surface area contributed by atoms with Crippen molar-refractivity contribution < 1.29 is 5.11 Å². The van der Waals surface area contributed by atoms with Gasteiger partial charge in [0.25, 0.3) is 0 Å². The van der Waals surface area contributed by atoms with Gasteiger partial charge in [0.15, 0.2) is 0 Å². The minimum Gasteiger partial charge on any atom is -0.386 e. The van der Waals surface area contributed by atoms with E-state index in [1.165, 1.54) is 12.7 Å². The average Bonchev–Trinajstić information content (AvgIpc) is 3.03. The highest BCUT2D eigenvalue weighted by atomic mass is 16.3. The van der Waals surface area contributed by atoms with E-state index in [-0.39, 0.29) is 0 Å². The first-order valence-electron chi connectivity index (χ1n) is 6.59. The summed E-state index contributed by atoms with van der Waals surface area (Å²) in [6.45, 7) is 2.97. The van der Waals surface area contributed by atoms with E-state index in [2.05, 4.69) is 27.1 Å². The van der Waals surface area contributed by atoms with E-state index < -0.39 is 5.60 Å². The molecule has 104 valence electrons. The normalized spacial score (nSPS) is 11.9. The van der Waals surface area contributed by atoms with E-state index >= 15 is 0 Å². The van der Waals surface area contributed by atoms with Gasteiger partial charge in [0.1, 0.15) is 30.9 Å². The van der Waals surface area contributed by atoms with Crippen molar-refractivity contribution >= 4 is 0 Å². The molecule has 0 amide bonds. The Bertz CT molecular complexity index is 416. The van der Waals surface area contributed by atoms with Gasteiger partial charge in [-0.25, -0.2) is 9.97 Å². The minimum atomic E-state index is -0.878. The second-order valence-electron chi connectivity index (χ2n) is 4.87.